The Hall–Kier alpha value is -1.59. The minimum absolute atomic E-state index is 0.0174. The molecule has 2 N–H and O–H groups in total. The number of carboxylic acid groups (broad SMARTS) is 1. The molecule has 98 valence electrons. The van der Waals surface area contributed by atoms with Gasteiger partial charge in [-0.05, 0) is 13.3 Å². The van der Waals surface area contributed by atoms with Gasteiger partial charge in [-0.15, -0.1) is 0 Å². The van der Waals surface area contributed by atoms with E-state index in [0.29, 0.717) is 6.42 Å². The average molecular weight is 245 g/mol. The molecule has 0 aromatic heterocycles. The number of rotatable bonds is 8. The zero-order chi connectivity index (χ0) is 13.3. The van der Waals surface area contributed by atoms with Gasteiger partial charge in [0.05, 0.1) is 18.9 Å². The van der Waals surface area contributed by atoms with Crippen LogP contribution in [0.15, 0.2) is 0 Å². The van der Waals surface area contributed by atoms with Crippen LogP contribution in [0.5, 0.6) is 0 Å². The van der Waals surface area contributed by atoms with E-state index < -0.39 is 17.9 Å². The maximum absolute atomic E-state index is 11.3. The molecule has 17 heavy (non-hydrogen) atoms. The summed E-state index contributed by atoms with van der Waals surface area (Å²) < 4.78 is 4.66. The van der Waals surface area contributed by atoms with Crippen LogP contribution in [0.2, 0.25) is 0 Å². The van der Waals surface area contributed by atoms with Crippen LogP contribution in [0.1, 0.15) is 33.1 Å². The number of nitrogens with one attached hydrogen (secondary N) is 1. The SMILES string of the molecule is CCOC(=O)CCC(=O)NCC(CC)C(=O)O. The van der Waals surface area contributed by atoms with Gasteiger partial charge in [0.15, 0.2) is 0 Å². The molecule has 0 rings (SSSR count). The fraction of sp³-hybridized carbons (Fsp3) is 0.727. The number of ether oxygens (including phenoxy) is 1. The van der Waals surface area contributed by atoms with Crippen LogP contribution in [-0.2, 0) is 19.1 Å². The van der Waals surface area contributed by atoms with E-state index in [9.17, 15) is 14.4 Å². The van der Waals surface area contributed by atoms with Gasteiger partial charge >= 0.3 is 11.9 Å². The van der Waals surface area contributed by atoms with Gasteiger partial charge in [0.25, 0.3) is 0 Å². The summed E-state index contributed by atoms with van der Waals surface area (Å²) in [6.45, 7) is 3.81. The number of aliphatic carboxylic acids is 1. The highest BCUT2D eigenvalue weighted by Crippen LogP contribution is 2.01. The van der Waals surface area contributed by atoms with Crippen molar-refractivity contribution in [1.82, 2.24) is 5.32 Å². The molecule has 1 amide bonds. The highest BCUT2D eigenvalue weighted by Gasteiger charge is 2.16. The van der Waals surface area contributed by atoms with E-state index in [0.717, 1.165) is 0 Å². The molecule has 0 bridgehead atoms. The second-order valence-electron chi connectivity index (χ2n) is 3.55. The van der Waals surface area contributed by atoms with Crippen LogP contribution >= 0.6 is 0 Å². The molecule has 0 saturated heterocycles. The predicted octanol–water partition coefficient (Wildman–Crippen LogP) is 0.557. The van der Waals surface area contributed by atoms with Crippen LogP contribution in [-0.4, -0.2) is 36.1 Å². The summed E-state index contributed by atoms with van der Waals surface area (Å²) in [5, 5.41) is 11.2. The third kappa shape index (κ3) is 7.32. The van der Waals surface area contributed by atoms with Crippen molar-refractivity contribution in [1.29, 1.82) is 0 Å². The van der Waals surface area contributed by atoms with E-state index >= 15 is 0 Å². The summed E-state index contributed by atoms with van der Waals surface area (Å²) in [6, 6.07) is 0. The number of esters is 1. The van der Waals surface area contributed by atoms with Gasteiger partial charge in [-0.2, -0.15) is 0 Å². The summed E-state index contributed by atoms with van der Waals surface area (Å²) in [7, 11) is 0. The Bertz CT molecular complexity index is 277. The van der Waals surface area contributed by atoms with E-state index in [1.807, 2.05) is 0 Å². The van der Waals surface area contributed by atoms with Gasteiger partial charge < -0.3 is 15.2 Å². The number of carbonyl (C=O) groups excluding carboxylic acids is 2. The quantitative estimate of drug-likeness (QED) is 0.609. The third-order valence-corrected chi connectivity index (χ3v) is 2.25. The first-order valence-electron chi connectivity index (χ1n) is 5.66. The van der Waals surface area contributed by atoms with Gasteiger partial charge in [-0.25, -0.2) is 0 Å². The number of hydrogen-bond acceptors (Lipinski definition) is 4. The Kier molecular flexibility index (Phi) is 7.75. The Labute approximate surface area is 100 Å². The Morgan fingerprint density at radius 2 is 1.88 bits per heavy atom. The van der Waals surface area contributed by atoms with Gasteiger partial charge in [0.1, 0.15) is 0 Å². The summed E-state index contributed by atoms with van der Waals surface area (Å²) in [5.74, 6) is -2.27. The van der Waals surface area contributed by atoms with E-state index in [-0.39, 0.29) is 31.9 Å². The van der Waals surface area contributed by atoms with Crippen molar-refractivity contribution in [2.45, 2.75) is 33.1 Å². The number of hydrogen-bond donors (Lipinski definition) is 2. The lowest BCUT2D eigenvalue weighted by Gasteiger charge is -2.10. The minimum Gasteiger partial charge on any atom is -0.481 e. The highest BCUT2D eigenvalue weighted by atomic mass is 16.5. The van der Waals surface area contributed by atoms with E-state index in [4.69, 9.17) is 5.11 Å². The maximum Gasteiger partial charge on any atom is 0.308 e. The Morgan fingerprint density at radius 1 is 1.24 bits per heavy atom. The van der Waals surface area contributed by atoms with E-state index in [1.54, 1.807) is 13.8 Å². The molecule has 6 heteroatoms. The Balaban J connectivity index is 3.79. The fourth-order valence-corrected chi connectivity index (χ4v) is 1.18. The summed E-state index contributed by atoms with van der Waals surface area (Å²) in [6.07, 6.45) is 0.492. The van der Waals surface area contributed by atoms with Crippen LogP contribution in [0.25, 0.3) is 0 Å². The molecule has 0 aliphatic heterocycles. The summed E-state index contributed by atoms with van der Waals surface area (Å²) in [4.78, 5) is 32.9. The number of carbonyl (C=O) groups is 3. The lowest BCUT2D eigenvalue weighted by Crippen LogP contribution is -2.32. The van der Waals surface area contributed by atoms with Crippen molar-refractivity contribution < 1.29 is 24.2 Å². The molecule has 0 saturated carbocycles. The maximum atomic E-state index is 11.3. The van der Waals surface area contributed by atoms with Crippen LogP contribution in [0, 0.1) is 5.92 Å². The molecule has 0 aliphatic carbocycles. The van der Waals surface area contributed by atoms with Crippen LogP contribution < -0.4 is 5.32 Å². The minimum atomic E-state index is -0.932. The molecule has 1 unspecified atom stereocenters. The predicted molar refractivity (Wildman–Crippen MR) is 60.3 cm³/mol. The molecule has 1 atom stereocenters. The second-order valence-corrected chi connectivity index (χ2v) is 3.55. The molecule has 0 fully saturated rings. The monoisotopic (exact) mass is 245 g/mol. The van der Waals surface area contributed by atoms with E-state index in [2.05, 4.69) is 10.1 Å². The van der Waals surface area contributed by atoms with Crippen molar-refractivity contribution in [2.24, 2.45) is 5.92 Å². The summed E-state index contributed by atoms with van der Waals surface area (Å²) >= 11 is 0. The molecule has 0 aliphatic rings. The average Bonchev–Trinajstić information content (AvgIpc) is 2.27. The van der Waals surface area contributed by atoms with Crippen molar-refractivity contribution in [3.8, 4) is 0 Å². The van der Waals surface area contributed by atoms with Gasteiger partial charge in [0.2, 0.25) is 5.91 Å². The van der Waals surface area contributed by atoms with Gasteiger partial charge in [-0.1, -0.05) is 6.92 Å². The van der Waals surface area contributed by atoms with Crippen molar-refractivity contribution in [3.05, 3.63) is 0 Å². The van der Waals surface area contributed by atoms with E-state index in [1.165, 1.54) is 0 Å². The molecule has 0 spiro atoms. The summed E-state index contributed by atoms with van der Waals surface area (Å²) in [5.41, 5.74) is 0. The zero-order valence-electron chi connectivity index (χ0n) is 10.2. The first-order valence-corrected chi connectivity index (χ1v) is 5.66. The Morgan fingerprint density at radius 3 is 2.35 bits per heavy atom. The third-order valence-electron chi connectivity index (χ3n) is 2.25. The zero-order valence-corrected chi connectivity index (χ0v) is 10.2. The smallest absolute Gasteiger partial charge is 0.308 e. The van der Waals surface area contributed by atoms with Gasteiger partial charge in [0, 0.05) is 13.0 Å². The standard InChI is InChI=1S/C11H19NO5/c1-3-8(11(15)16)7-12-9(13)5-6-10(14)17-4-2/h8H,3-7H2,1-2H3,(H,12,13)(H,15,16). The van der Waals surface area contributed by atoms with Gasteiger partial charge in [-0.3, -0.25) is 14.4 Å². The molecule has 0 heterocycles. The first kappa shape index (κ1) is 15.4. The number of carboxylic acids is 1. The van der Waals surface area contributed by atoms with Crippen molar-refractivity contribution in [2.75, 3.05) is 13.2 Å². The molecular weight excluding hydrogens is 226 g/mol. The lowest BCUT2D eigenvalue weighted by atomic mass is 10.1. The second kappa shape index (κ2) is 8.55. The normalized spacial score (nSPS) is 11.6. The molecule has 0 aromatic rings. The number of amides is 1. The molecule has 0 aromatic carbocycles. The van der Waals surface area contributed by atoms with Crippen LogP contribution in [0.3, 0.4) is 0 Å². The largest absolute Gasteiger partial charge is 0.481 e. The fourth-order valence-electron chi connectivity index (χ4n) is 1.18. The molecule has 6 nitrogen and oxygen atoms in total. The van der Waals surface area contributed by atoms with Crippen molar-refractivity contribution in [3.63, 3.8) is 0 Å². The highest BCUT2D eigenvalue weighted by molar-refractivity contribution is 5.81. The molecular formula is C11H19NO5. The van der Waals surface area contributed by atoms with Crippen LogP contribution in [0.4, 0.5) is 0 Å². The lowest BCUT2D eigenvalue weighted by molar-refractivity contribution is -0.145. The topological polar surface area (TPSA) is 92.7 Å². The van der Waals surface area contributed by atoms with Crippen molar-refractivity contribution >= 4 is 17.8 Å². The molecule has 0 radical (unpaired) electrons. The first-order chi connectivity index (χ1) is 8.01.